The van der Waals surface area contributed by atoms with Crippen LogP contribution in [0.2, 0.25) is 0 Å². The molecule has 1 unspecified atom stereocenters. The number of carboxylic acids is 1. The highest BCUT2D eigenvalue weighted by molar-refractivity contribution is 5.91. The Morgan fingerprint density at radius 2 is 2.15 bits per heavy atom. The Hall–Kier alpha value is -2.15. The van der Waals surface area contributed by atoms with Crippen molar-refractivity contribution in [3.05, 3.63) is 29.6 Å². The Bertz CT molecular complexity index is 493. The zero-order valence-corrected chi connectivity index (χ0v) is 11.3. The van der Waals surface area contributed by atoms with E-state index >= 15 is 0 Å². The molecule has 3 N–H and O–H groups in total. The Morgan fingerprint density at radius 3 is 2.65 bits per heavy atom. The molecule has 0 spiro atoms. The molecule has 1 aromatic carbocycles. The highest BCUT2D eigenvalue weighted by atomic mass is 19.1. The standard InChI is InChI=1S/C13H17FN2O4/c1-3-9(7-20-2)15-13(19)16-11-5-4-8(12(17)18)6-10(11)14/h4-6,9H,3,7H2,1-2H3,(H,17,18)(H2,15,16,19). The van der Waals surface area contributed by atoms with Gasteiger partial charge < -0.3 is 20.5 Å². The normalized spacial score (nSPS) is 11.8. The monoisotopic (exact) mass is 284 g/mol. The third kappa shape index (κ3) is 4.51. The summed E-state index contributed by atoms with van der Waals surface area (Å²) in [6, 6.07) is 2.52. The molecule has 6 nitrogen and oxygen atoms in total. The predicted molar refractivity (Wildman–Crippen MR) is 71.5 cm³/mol. The topological polar surface area (TPSA) is 87.7 Å². The maximum absolute atomic E-state index is 13.6. The van der Waals surface area contributed by atoms with Gasteiger partial charge in [-0.15, -0.1) is 0 Å². The van der Waals surface area contributed by atoms with Crippen molar-refractivity contribution in [3.8, 4) is 0 Å². The first-order valence-electron chi connectivity index (χ1n) is 6.07. The van der Waals surface area contributed by atoms with E-state index in [1.165, 1.54) is 19.2 Å². The lowest BCUT2D eigenvalue weighted by Gasteiger charge is -2.16. The molecule has 0 saturated carbocycles. The van der Waals surface area contributed by atoms with Crippen LogP contribution in [0.15, 0.2) is 18.2 Å². The van der Waals surface area contributed by atoms with Gasteiger partial charge in [-0.25, -0.2) is 14.0 Å². The smallest absolute Gasteiger partial charge is 0.335 e. The molecule has 2 amide bonds. The number of benzene rings is 1. The minimum atomic E-state index is -1.23. The summed E-state index contributed by atoms with van der Waals surface area (Å²) in [7, 11) is 1.52. The first-order chi connectivity index (χ1) is 9.47. The molecule has 0 aliphatic heterocycles. The van der Waals surface area contributed by atoms with Crippen LogP contribution in [-0.4, -0.2) is 36.9 Å². The number of hydrogen-bond donors (Lipinski definition) is 3. The lowest BCUT2D eigenvalue weighted by Crippen LogP contribution is -2.40. The van der Waals surface area contributed by atoms with Gasteiger partial charge in [-0.3, -0.25) is 0 Å². The molecule has 110 valence electrons. The number of carboxylic acid groups (broad SMARTS) is 1. The van der Waals surface area contributed by atoms with Crippen LogP contribution in [0.5, 0.6) is 0 Å². The summed E-state index contributed by atoms with van der Waals surface area (Å²) < 4.78 is 18.5. The number of ether oxygens (including phenoxy) is 1. The summed E-state index contributed by atoms with van der Waals surface area (Å²) in [5.41, 5.74) is -0.265. The van der Waals surface area contributed by atoms with E-state index in [1.54, 1.807) is 0 Å². The van der Waals surface area contributed by atoms with E-state index < -0.39 is 17.8 Å². The van der Waals surface area contributed by atoms with Crippen LogP contribution in [0.3, 0.4) is 0 Å². The molecule has 7 heteroatoms. The SMILES string of the molecule is CCC(COC)NC(=O)Nc1ccc(C(=O)O)cc1F. The van der Waals surface area contributed by atoms with Crippen LogP contribution in [0.4, 0.5) is 14.9 Å². The summed E-state index contributed by atoms with van der Waals surface area (Å²) in [6.07, 6.45) is 0.668. The summed E-state index contributed by atoms with van der Waals surface area (Å²) >= 11 is 0. The molecule has 0 aliphatic rings. The second-order valence-corrected chi connectivity index (χ2v) is 4.16. The van der Waals surface area contributed by atoms with E-state index in [4.69, 9.17) is 9.84 Å². The summed E-state index contributed by atoms with van der Waals surface area (Å²) in [6.45, 7) is 2.23. The fourth-order valence-electron chi connectivity index (χ4n) is 1.56. The Morgan fingerprint density at radius 1 is 1.45 bits per heavy atom. The fraction of sp³-hybridized carbons (Fsp3) is 0.385. The van der Waals surface area contributed by atoms with E-state index in [-0.39, 0.29) is 17.3 Å². The van der Waals surface area contributed by atoms with Crippen LogP contribution in [0.25, 0.3) is 0 Å². The van der Waals surface area contributed by atoms with Gasteiger partial charge in [-0.2, -0.15) is 0 Å². The number of rotatable bonds is 6. The maximum atomic E-state index is 13.6. The van der Waals surface area contributed by atoms with Crippen molar-refractivity contribution in [1.82, 2.24) is 5.32 Å². The first kappa shape index (κ1) is 15.9. The molecule has 20 heavy (non-hydrogen) atoms. The van der Waals surface area contributed by atoms with Crippen LogP contribution in [-0.2, 0) is 4.74 Å². The van der Waals surface area contributed by atoms with Gasteiger partial charge in [0.15, 0.2) is 0 Å². The molecule has 1 aromatic rings. The number of carbonyl (C=O) groups is 2. The van der Waals surface area contributed by atoms with E-state index in [0.29, 0.717) is 13.0 Å². The van der Waals surface area contributed by atoms with E-state index in [2.05, 4.69) is 10.6 Å². The van der Waals surface area contributed by atoms with Gasteiger partial charge in [-0.1, -0.05) is 6.92 Å². The number of anilines is 1. The molecule has 0 radical (unpaired) electrons. The maximum Gasteiger partial charge on any atom is 0.335 e. The highest BCUT2D eigenvalue weighted by Gasteiger charge is 2.13. The Balaban J connectivity index is 2.68. The van der Waals surface area contributed by atoms with Gasteiger partial charge in [0.1, 0.15) is 5.82 Å². The van der Waals surface area contributed by atoms with Crippen LogP contribution >= 0.6 is 0 Å². The van der Waals surface area contributed by atoms with Crippen molar-refractivity contribution in [3.63, 3.8) is 0 Å². The van der Waals surface area contributed by atoms with Gasteiger partial charge in [0.05, 0.1) is 23.9 Å². The summed E-state index contributed by atoms with van der Waals surface area (Å²) in [4.78, 5) is 22.3. The molecule has 0 aliphatic carbocycles. The number of amides is 2. The van der Waals surface area contributed by atoms with Crippen LogP contribution < -0.4 is 10.6 Å². The van der Waals surface area contributed by atoms with Gasteiger partial charge in [0.2, 0.25) is 0 Å². The van der Waals surface area contributed by atoms with Crippen molar-refractivity contribution in [2.75, 3.05) is 19.0 Å². The van der Waals surface area contributed by atoms with Gasteiger partial charge in [-0.05, 0) is 24.6 Å². The molecule has 0 aromatic heterocycles. The molecule has 0 fully saturated rings. The second kappa shape index (κ2) is 7.44. The third-order valence-electron chi connectivity index (χ3n) is 2.66. The van der Waals surface area contributed by atoms with Crippen LogP contribution in [0, 0.1) is 5.82 Å². The largest absolute Gasteiger partial charge is 0.478 e. The van der Waals surface area contributed by atoms with E-state index in [0.717, 1.165) is 6.07 Å². The molecule has 1 rings (SSSR count). The Kier molecular flexibility index (Phi) is 5.92. The molecule has 1 atom stereocenters. The number of halogens is 1. The summed E-state index contributed by atoms with van der Waals surface area (Å²) in [5.74, 6) is -2.04. The zero-order chi connectivity index (χ0) is 15.1. The highest BCUT2D eigenvalue weighted by Crippen LogP contribution is 2.15. The number of aromatic carboxylic acids is 1. The second-order valence-electron chi connectivity index (χ2n) is 4.16. The number of hydrogen-bond acceptors (Lipinski definition) is 3. The first-order valence-corrected chi connectivity index (χ1v) is 6.07. The van der Waals surface area contributed by atoms with Crippen molar-refractivity contribution < 1.29 is 23.8 Å². The molecular formula is C13H17FN2O4. The molecule has 0 heterocycles. The quantitative estimate of drug-likeness (QED) is 0.746. The Labute approximate surface area is 115 Å². The average molecular weight is 284 g/mol. The molecule has 0 bridgehead atoms. The van der Waals surface area contributed by atoms with Crippen molar-refractivity contribution >= 4 is 17.7 Å². The minimum absolute atomic E-state index is 0.0835. The van der Waals surface area contributed by atoms with Crippen molar-refractivity contribution in [2.45, 2.75) is 19.4 Å². The van der Waals surface area contributed by atoms with Gasteiger partial charge in [0, 0.05) is 7.11 Å². The number of methoxy groups -OCH3 is 1. The average Bonchev–Trinajstić information content (AvgIpc) is 2.40. The molecular weight excluding hydrogens is 267 g/mol. The van der Waals surface area contributed by atoms with Gasteiger partial charge in [0.25, 0.3) is 0 Å². The predicted octanol–water partition coefficient (Wildman–Crippen LogP) is 2.07. The van der Waals surface area contributed by atoms with E-state index in [1.807, 2.05) is 6.92 Å². The third-order valence-corrected chi connectivity index (χ3v) is 2.66. The van der Waals surface area contributed by atoms with E-state index in [9.17, 15) is 14.0 Å². The lowest BCUT2D eigenvalue weighted by molar-refractivity contribution is 0.0696. The number of nitrogens with one attached hydrogen (secondary N) is 2. The molecule has 0 saturated heterocycles. The summed E-state index contributed by atoms with van der Waals surface area (Å²) in [5, 5.41) is 13.7. The minimum Gasteiger partial charge on any atom is -0.478 e. The lowest BCUT2D eigenvalue weighted by atomic mass is 10.2. The van der Waals surface area contributed by atoms with Gasteiger partial charge >= 0.3 is 12.0 Å². The number of carbonyl (C=O) groups excluding carboxylic acids is 1. The van der Waals surface area contributed by atoms with Crippen molar-refractivity contribution in [1.29, 1.82) is 0 Å². The van der Waals surface area contributed by atoms with Crippen LogP contribution in [0.1, 0.15) is 23.7 Å². The zero-order valence-electron chi connectivity index (χ0n) is 11.3. The fourth-order valence-corrected chi connectivity index (χ4v) is 1.56. The number of urea groups is 1. The van der Waals surface area contributed by atoms with Crippen molar-refractivity contribution in [2.24, 2.45) is 0 Å².